The molecule has 150 valence electrons. The van der Waals surface area contributed by atoms with E-state index in [4.69, 9.17) is 4.74 Å². The summed E-state index contributed by atoms with van der Waals surface area (Å²) in [7, 11) is 0. The van der Waals surface area contributed by atoms with E-state index in [2.05, 4.69) is 20.0 Å². The van der Waals surface area contributed by atoms with Gasteiger partial charge in [0.2, 0.25) is 0 Å². The predicted molar refractivity (Wildman–Crippen MR) is 96.8 cm³/mol. The Morgan fingerprint density at radius 2 is 2.00 bits per heavy atom. The highest BCUT2D eigenvalue weighted by Crippen LogP contribution is 2.45. The molecule has 9 nitrogen and oxygen atoms in total. The maximum atomic E-state index is 12.6. The first-order valence-electron chi connectivity index (χ1n) is 10.1. The zero-order valence-electron chi connectivity index (χ0n) is 16.0. The second kappa shape index (κ2) is 6.58. The molecule has 1 saturated carbocycles. The van der Waals surface area contributed by atoms with Gasteiger partial charge in [0.1, 0.15) is 23.1 Å². The van der Waals surface area contributed by atoms with Crippen molar-refractivity contribution in [3.05, 3.63) is 23.3 Å². The third kappa shape index (κ3) is 2.88. The van der Waals surface area contributed by atoms with Crippen molar-refractivity contribution >= 4 is 5.91 Å². The van der Waals surface area contributed by atoms with Gasteiger partial charge in [-0.15, -0.1) is 0 Å². The van der Waals surface area contributed by atoms with Crippen LogP contribution in [0.25, 0.3) is 0 Å². The number of aryl methyl sites for hydroxylation is 1. The lowest BCUT2D eigenvalue weighted by Gasteiger charge is -2.44. The first-order valence-corrected chi connectivity index (χ1v) is 10.1. The van der Waals surface area contributed by atoms with Gasteiger partial charge in [0, 0.05) is 32.4 Å². The van der Waals surface area contributed by atoms with Crippen LogP contribution >= 0.6 is 0 Å². The number of piperidine rings is 1. The number of aliphatic hydroxyl groups excluding tert-OH is 1. The topological polar surface area (TPSA) is 107 Å². The summed E-state index contributed by atoms with van der Waals surface area (Å²) < 4.78 is 13.0. The normalized spacial score (nSPS) is 24.4. The number of nitrogens with zero attached hydrogens (tertiary/aromatic N) is 5. The van der Waals surface area contributed by atoms with Crippen LogP contribution in [0.3, 0.4) is 0 Å². The van der Waals surface area contributed by atoms with Gasteiger partial charge in [0.15, 0.2) is 11.4 Å². The minimum Gasteiger partial charge on any atom is -0.483 e. The first-order chi connectivity index (χ1) is 13.5. The highest BCUT2D eigenvalue weighted by Gasteiger charge is 2.45. The quantitative estimate of drug-likeness (QED) is 0.842. The van der Waals surface area contributed by atoms with Gasteiger partial charge >= 0.3 is 0 Å². The molecule has 0 bridgehead atoms. The van der Waals surface area contributed by atoms with Crippen LogP contribution in [0.5, 0.6) is 5.75 Å². The molecule has 1 unspecified atom stereocenters. The molecule has 5 rings (SSSR count). The molecule has 0 radical (unpaired) electrons. The van der Waals surface area contributed by atoms with E-state index in [1.54, 1.807) is 11.8 Å². The lowest BCUT2D eigenvalue weighted by molar-refractivity contribution is -0.0505. The van der Waals surface area contributed by atoms with Gasteiger partial charge in [-0.05, 0) is 24.9 Å². The standard InChI is InChI=1S/C19H25N5O4/c1-12-16(22-28-21-12)18(26)23-8-6-19(7-9-23)10-14(25)17-15(27-19)11-24(20-17)13-4-2-3-5-13/h11,13-14,25H,2-10H2,1H3. The SMILES string of the molecule is Cc1nonc1C(=O)N1CCC2(CC1)CC(O)c1nn(C3CCCC3)cc1O2. The second-order valence-electron chi connectivity index (χ2n) is 8.29. The van der Waals surface area contributed by atoms with E-state index in [1.165, 1.54) is 12.8 Å². The van der Waals surface area contributed by atoms with Crippen LogP contribution in [0.15, 0.2) is 10.8 Å². The summed E-state index contributed by atoms with van der Waals surface area (Å²) in [5, 5.41) is 22.8. The van der Waals surface area contributed by atoms with E-state index in [9.17, 15) is 9.90 Å². The van der Waals surface area contributed by atoms with Crippen molar-refractivity contribution in [3.8, 4) is 5.75 Å². The van der Waals surface area contributed by atoms with Crippen LogP contribution < -0.4 is 4.74 Å². The number of rotatable bonds is 2. The number of ether oxygens (including phenoxy) is 1. The number of amides is 1. The molecule has 28 heavy (non-hydrogen) atoms. The van der Waals surface area contributed by atoms with Crippen LogP contribution in [0.2, 0.25) is 0 Å². The minimum absolute atomic E-state index is 0.167. The number of hydrogen-bond donors (Lipinski definition) is 1. The average molecular weight is 387 g/mol. The predicted octanol–water partition coefficient (Wildman–Crippen LogP) is 2.18. The number of likely N-dealkylation sites (tertiary alicyclic amines) is 1. The van der Waals surface area contributed by atoms with Crippen molar-refractivity contribution in [2.24, 2.45) is 0 Å². The van der Waals surface area contributed by atoms with Crippen molar-refractivity contribution in [1.82, 2.24) is 25.0 Å². The van der Waals surface area contributed by atoms with Gasteiger partial charge in [-0.1, -0.05) is 18.0 Å². The monoisotopic (exact) mass is 387 g/mol. The highest BCUT2D eigenvalue weighted by molar-refractivity contribution is 5.93. The zero-order chi connectivity index (χ0) is 19.3. The molecule has 9 heteroatoms. The summed E-state index contributed by atoms with van der Waals surface area (Å²) in [4.78, 5) is 14.4. The Kier molecular flexibility index (Phi) is 4.15. The number of fused-ring (bicyclic) bond motifs is 1. The molecular weight excluding hydrogens is 362 g/mol. The third-order valence-electron chi connectivity index (χ3n) is 6.45. The van der Waals surface area contributed by atoms with Crippen molar-refractivity contribution in [1.29, 1.82) is 0 Å². The summed E-state index contributed by atoms with van der Waals surface area (Å²) in [5.74, 6) is 0.529. The molecule has 1 saturated heterocycles. The lowest BCUT2D eigenvalue weighted by Crippen LogP contribution is -2.51. The van der Waals surface area contributed by atoms with Gasteiger partial charge in [-0.25, -0.2) is 4.63 Å². The number of aromatic nitrogens is 4. The Morgan fingerprint density at radius 3 is 2.68 bits per heavy atom. The van der Waals surface area contributed by atoms with Gasteiger partial charge in [-0.2, -0.15) is 5.10 Å². The van der Waals surface area contributed by atoms with Gasteiger partial charge < -0.3 is 14.7 Å². The fourth-order valence-corrected chi connectivity index (χ4v) is 4.78. The summed E-state index contributed by atoms with van der Waals surface area (Å²) in [5.41, 5.74) is 0.962. The number of hydrogen-bond acceptors (Lipinski definition) is 7. The van der Waals surface area contributed by atoms with E-state index in [0.717, 1.165) is 12.8 Å². The fraction of sp³-hybridized carbons (Fsp3) is 0.684. The minimum atomic E-state index is -0.629. The molecule has 1 spiro atoms. The maximum Gasteiger partial charge on any atom is 0.278 e. The Bertz CT molecular complexity index is 877. The Hall–Kier alpha value is -2.42. The van der Waals surface area contributed by atoms with Crippen LogP contribution in [-0.2, 0) is 0 Å². The van der Waals surface area contributed by atoms with E-state index in [0.29, 0.717) is 55.5 Å². The molecular formula is C19H25N5O4. The molecule has 2 fully saturated rings. The largest absolute Gasteiger partial charge is 0.483 e. The fourth-order valence-electron chi connectivity index (χ4n) is 4.78. The summed E-state index contributed by atoms with van der Waals surface area (Å²) in [6.45, 7) is 2.80. The van der Waals surface area contributed by atoms with Gasteiger partial charge in [0.25, 0.3) is 5.91 Å². The van der Waals surface area contributed by atoms with Crippen LogP contribution in [0.1, 0.15) is 79.0 Å². The summed E-state index contributed by atoms with van der Waals surface area (Å²) in [6, 6.07) is 0.413. The molecule has 1 aliphatic carbocycles. The van der Waals surface area contributed by atoms with E-state index < -0.39 is 11.7 Å². The second-order valence-corrected chi connectivity index (χ2v) is 8.29. The number of aliphatic hydroxyl groups is 1. The third-order valence-corrected chi connectivity index (χ3v) is 6.45. The lowest BCUT2D eigenvalue weighted by atomic mass is 9.83. The molecule has 3 aliphatic rings. The van der Waals surface area contributed by atoms with Crippen molar-refractivity contribution in [2.45, 2.75) is 69.6 Å². The summed E-state index contributed by atoms with van der Waals surface area (Å²) >= 11 is 0. The van der Waals surface area contributed by atoms with E-state index >= 15 is 0 Å². The highest BCUT2D eigenvalue weighted by atomic mass is 16.6. The average Bonchev–Trinajstić information content (AvgIpc) is 3.42. The van der Waals surface area contributed by atoms with E-state index in [-0.39, 0.29) is 11.6 Å². The molecule has 1 atom stereocenters. The molecule has 1 N–H and O–H groups in total. The molecule has 2 aliphatic heterocycles. The van der Waals surface area contributed by atoms with E-state index in [1.807, 2.05) is 10.9 Å². The van der Waals surface area contributed by atoms with Gasteiger partial charge in [-0.3, -0.25) is 9.48 Å². The first kappa shape index (κ1) is 17.7. The Balaban J connectivity index is 1.30. The molecule has 2 aromatic rings. The Labute approximate surface area is 162 Å². The number of carbonyl (C=O) groups is 1. The van der Waals surface area contributed by atoms with Gasteiger partial charge in [0.05, 0.1) is 12.2 Å². The van der Waals surface area contributed by atoms with Crippen molar-refractivity contribution in [3.63, 3.8) is 0 Å². The Morgan fingerprint density at radius 1 is 1.25 bits per heavy atom. The van der Waals surface area contributed by atoms with Crippen molar-refractivity contribution < 1.29 is 19.3 Å². The van der Waals surface area contributed by atoms with Crippen molar-refractivity contribution in [2.75, 3.05) is 13.1 Å². The number of carbonyl (C=O) groups excluding carboxylic acids is 1. The summed E-state index contributed by atoms with van der Waals surface area (Å²) in [6.07, 6.45) is 7.88. The molecule has 0 aromatic carbocycles. The molecule has 2 aromatic heterocycles. The maximum absolute atomic E-state index is 12.6. The van der Waals surface area contributed by atoms with Crippen LogP contribution in [0, 0.1) is 6.92 Å². The zero-order valence-corrected chi connectivity index (χ0v) is 16.0. The van der Waals surface area contributed by atoms with Crippen LogP contribution in [0.4, 0.5) is 0 Å². The van der Waals surface area contributed by atoms with Crippen LogP contribution in [-0.4, -0.2) is 54.7 Å². The molecule has 1 amide bonds. The smallest absolute Gasteiger partial charge is 0.278 e. The molecule has 4 heterocycles.